The molecule has 1 fully saturated rings. The molecule has 0 spiro atoms. The van der Waals surface area contributed by atoms with Crippen LogP contribution < -0.4 is 5.32 Å². The van der Waals surface area contributed by atoms with Gasteiger partial charge < -0.3 is 10.2 Å². The molecule has 0 amide bonds. The van der Waals surface area contributed by atoms with Crippen molar-refractivity contribution in [2.24, 2.45) is 5.92 Å². The normalized spacial score (nSPS) is 18.6. The zero-order valence-corrected chi connectivity index (χ0v) is 13.8. The van der Waals surface area contributed by atoms with Gasteiger partial charge in [-0.2, -0.15) is 0 Å². The average Bonchev–Trinajstić information content (AvgIpc) is 2.89. The van der Waals surface area contributed by atoms with Gasteiger partial charge in [-0.1, -0.05) is 40.5 Å². The molecule has 0 aromatic rings. The van der Waals surface area contributed by atoms with Crippen LogP contribution in [0.4, 0.5) is 0 Å². The second-order valence-corrected chi connectivity index (χ2v) is 6.63. The highest BCUT2D eigenvalue weighted by Gasteiger charge is 2.22. The Labute approximate surface area is 121 Å². The van der Waals surface area contributed by atoms with E-state index >= 15 is 0 Å². The quantitative estimate of drug-likeness (QED) is 0.643. The first-order chi connectivity index (χ1) is 9.17. The molecule has 1 saturated carbocycles. The summed E-state index contributed by atoms with van der Waals surface area (Å²) in [6, 6.07) is 1.62. The third kappa shape index (κ3) is 6.76. The van der Waals surface area contributed by atoms with Gasteiger partial charge in [-0.3, -0.25) is 0 Å². The summed E-state index contributed by atoms with van der Waals surface area (Å²) in [7, 11) is 0. The van der Waals surface area contributed by atoms with Crippen LogP contribution in [0.1, 0.15) is 72.6 Å². The fourth-order valence-electron chi connectivity index (χ4n) is 3.44. The van der Waals surface area contributed by atoms with E-state index in [2.05, 4.69) is 37.9 Å². The first-order valence-electron chi connectivity index (χ1n) is 8.64. The highest BCUT2D eigenvalue weighted by molar-refractivity contribution is 4.78. The van der Waals surface area contributed by atoms with E-state index < -0.39 is 0 Å². The van der Waals surface area contributed by atoms with Crippen LogP contribution in [-0.4, -0.2) is 36.6 Å². The Hall–Kier alpha value is -0.0800. The second kappa shape index (κ2) is 9.77. The molecule has 1 unspecified atom stereocenters. The van der Waals surface area contributed by atoms with Crippen molar-refractivity contribution in [3.8, 4) is 0 Å². The van der Waals surface area contributed by atoms with Gasteiger partial charge >= 0.3 is 0 Å². The molecule has 1 aliphatic rings. The van der Waals surface area contributed by atoms with Gasteiger partial charge in [-0.05, 0) is 51.1 Å². The van der Waals surface area contributed by atoms with Gasteiger partial charge in [0, 0.05) is 18.6 Å². The summed E-state index contributed by atoms with van der Waals surface area (Å²) >= 11 is 0. The molecule has 114 valence electrons. The Morgan fingerprint density at radius 3 is 2.37 bits per heavy atom. The van der Waals surface area contributed by atoms with E-state index in [1.54, 1.807) is 0 Å². The van der Waals surface area contributed by atoms with Gasteiger partial charge in [0.05, 0.1) is 0 Å². The molecular weight excluding hydrogens is 232 g/mol. The van der Waals surface area contributed by atoms with Gasteiger partial charge in [-0.15, -0.1) is 0 Å². The minimum absolute atomic E-state index is 0.731. The lowest BCUT2D eigenvalue weighted by Gasteiger charge is -2.31. The van der Waals surface area contributed by atoms with E-state index in [0.717, 1.165) is 24.5 Å². The fraction of sp³-hybridized carbons (Fsp3) is 1.00. The third-order valence-electron chi connectivity index (χ3n) is 4.42. The van der Waals surface area contributed by atoms with Crippen LogP contribution in [0.3, 0.4) is 0 Å². The van der Waals surface area contributed by atoms with E-state index in [1.807, 2.05) is 0 Å². The molecule has 0 heterocycles. The van der Waals surface area contributed by atoms with E-state index in [0.29, 0.717) is 0 Å². The average molecular weight is 268 g/mol. The lowest BCUT2D eigenvalue weighted by Crippen LogP contribution is -2.38. The van der Waals surface area contributed by atoms with Crippen LogP contribution in [0, 0.1) is 5.92 Å². The Bertz CT molecular complexity index is 209. The molecule has 0 aromatic heterocycles. The predicted octanol–water partition coefficient (Wildman–Crippen LogP) is 4.06. The molecule has 1 rings (SSSR count). The molecule has 0 saturated heterocycles. The van der Waals surface area contributed by atoms with Crippen LogP contribution in [0.15, 0.2) is 0 Å². The molecule has 19 heavy (non-hydrogen) atoms. The molecule has 2 nitrogen and oxygen atoms in total. The Balaban J connectivity index is 2.31. The molecule has 0 radical (unpaired) electrons. The molecule has 0 bridgehead atoms. The van der Waals surface area contributed by atoms with Crippen molar-refractivity contribution in [1.29, 1.82) is 0 Å². The number of nitrogens with one attached hydrogen (secondary N) is 1. The van der Waals surface area contributed by atoms with Crippen LogP contribution in [0.5, 0.6) is 0 Å². The van der Waals surface area contributed by atoms with Crippen LogP contribution in [-0.2, 0) is 0 Å². The first-order valence-corrected chi connectivity index (χ1v) is 8.64. The van der Waals surface area contributed by atoms with E-state index in [-0.39, 0.29) is 0 Å². The smallest absolute Gasteiger partial charge is 0.00953 e. The molecule has 0 aromatic carbocycles. The number of rotatable bonds is 10. The minimum atomic E-state index is 0.731. The van der Waals surface area contributed by atoms with E-state index in [1.165, 1.54) is 58.0 Å². The lowest BCUT2D eigenvalue weighted by atomic mass is 10.1. The fourth-order valence-corrected chi connectivity index (χ4v) is 3.44. The molecule has 1 N–H and O–H groups in total. The van der Waals surface area contributed by atoms with E-state index in [4.69, 9.17) is 0 Å². The number of nitrogens with zero attached hydrogens (tertiary/aromatic N) is 1. The first kappa shape index (κ1) is 17.0. The summed E-state index contributed by atoms with van der Waals surface area (Å²) in [5.41, 5.74) is 0. The van der Waals surface area contributed by atoms with Crippen molar-refractivity contribution in [2.45, 2.75) is 84.7 Å². The van der Waals surface area contributed by atoms with Crippen LogP contribution in [0.2, 0.25) is 0 Å². The van der Waals surface area contributed by atoms with Crippen molar-refractivity contribution in [2.75, 3.05) is 19.6 Å². The zero-order chi connectivity index (χ0) is 14.1. The maximum absolute atomic E-state index is 3.60. The summed E-state index contributed by atoms with van der Waals surface area (Å²) in [5.74, 6) is 0.802. The largest absolute Gasteiger partial charge is 0.314 e. The van der Waals surface area contributed by atoms with Crippen LogP contribution in [0.25, 0.3) is 0 Å². The maximum Gasteiger partial charge on any atom is 0.00953 e. The Morgan fingerprint density at radius 2 is 1.84 bits per heavy atom. The van der Waals surface area contributed by atoms with Gasteiger partial charge in [0.2, 0.25) is 0 Å². The van der Waals surface area contributed by atoms with Crippen molar-refractivity contribution in [1.82, 2.24) is 10.2 Å². The summed E-state index contributed by atoms with van der Waals surface area (Å²) in [4.78, 5) is 2.79. The summed E-state index contributed by atoms with van der Waals surface area (Å²) < 4.78 is 0. The summed E-state index contributed by atoms with van der Waals surface area (Å²) in [6.45, 7) is 12.9. The van der Waals surface area contributed by atoms with Crippen molar-refractivity contribution in [3.63, 3.8) is 0 Å². The molecule has 1 atom stereocenters. The maximum atomic E-state index is 3.60. The second-order valence-electron chi connectivity index (χ2n) is 6.63. The Kier molecular flexibility index (Phi) is 8.72. The third-order valence-corrected chi connectivity index (χ3v) is 4.42. The number of hydrogen-bond donors (Lipinski definition) is 1. The standard InChI is InChI=1S/C17H36N2/c1-5-16(18-6-2)10-9-13-19(14-15(3)4)17-11-7-8-12-17/h15-18H,5-14H2,1-4H3. The minimum Gasteiger partial charge on any atom is -0.314 e. The Morgan fingerprint density at radius 1 is 1.16 bits per heavy atom. The van der Waals surface area contributed by atoms with Crippen molar-refractivity contribution < 1.29 is 0 Å². The number of hydrogen-bond acceptors (Lipinski definition) is 2. The molecular formula is C17H36N2. The van der Waals surface area contributed by atoms with Crippen molar-refractivity contribution >= 4 is 0 Å². The van der Waals surface area contributed by atoms with E-state index in [9.17, 15) is 0 Å². The molecule has 1 aliphatic carbocycles. The van der Waals surface area contributed by atoms with Crippen molar-refractivity contribution in [3.05, 3.63) is 0 Å². The monoisotopic (exact) mass is 268 g/mol. The summed E-state index contributed by atoms with van der Waals surface area (Å²) in [5, 5.41) is 3.60. The molecule has 2 heteroatoms. The topological polar surface area (TPSA) is 15.3 Å². The van der Waals surface area contributed by atoms with Gasteiger partial charge in [0.1, 0.15) is 0 Å². The molecule has 0 aliphatic heterocycles. The van der Waals surface area contributed by atoms with Gasteiger partial charge in [0.25, 0.3) is 0 Å². The zero-order valence-electron chi connectivity index (χ0n) is 13.8. The van der Waals surface area contributed by atoms with Gasteiger partial charge in [0.15, 0.2) is 0 Å². The predicted molar refractivity (Wildman–Crippen MR) is 85.7 cm³/mol. The highest BCUT2D eigenvalue weighted by atomic mass is 15.2. The highest BCUT2D eigenvalue weighted by Crippen LogP contribution is 2.24. The van der Waals surface area contributed by atoms with Gasteiger partial charge in [-0.25, -0.2) is 0 Å². The van der Waals surface area contributed by atoms with Crippen LogP contribution >= 0.6 is 0 Å². The summed E-state index contributed by atoms with van der Waals surface area (Å²) in [6.07, 6.45) is 9.75. The lowest BCUT2D eigenvalue weighted by molar-refractivity contribution is 0.171. The SMILES string of the molecule is CCNC(CC)CCCN(CC(C)C)C1CCCC1.